The Bertz CT molecular complexity index is 1530. The lowest BCUT2D eigenvalue weighted by Crippen LogP contribution is -2.26. The van der Waals surface area contributed by atoms with Gasteiger partial charge in [-0.3, -0.25) is 9.48 Å². The van der Waals surface area contributed by atoms with Gasteiger partial charge < -0.3 is 25.6 Å². The number of hydrogen-bond donors (Lipinski definition) is 3. The first-order valence-corrected chi connectivity index (χ1v) is 12.6. The van der Waals surface area contributed by atoms with Gasteiger partial charge in [-0.1, -0.05) is 12.6 Å². The van der Waals surface area contributed by atoms with Crippen molar-refractivity contribution >= 4 is 40.4 Å². The van der Waals surface area contributed by atoms with E-state index in [9.17, 15) is 9.18 Å². The Kier molecular flexibility index (Phi) is 7.97. The zero-order valence-corrected chi connectivity index (χ0v) is 21.8. The summed E-state index contributed by atoms with van der Waals surface area (Å²) in [5.41, 5.74) is 2.49. The van der Waals surface area contributed by atoms with Gasteiger partial charge in [0.25, 0.3) is 0 Å². The van der Waals surface area contributed by atoms with Crippen molar-refractivity contribution in [2.24, 2.45) is 7.05 Å². The Morgan fingerprint density at radius 2 is 1.93 bits per heavy atom. The van der Waals surface area contributed by atoms with Gasteiger partial charge in [-0.05, 0) is 48.4 Å². The second-order valence-corrected chi connectivity index (χ2v) is 9.12. The van der Waals surface area contributed by atoms with Crippen molar-refractivity contribution in [1.82, 2.24) is 19.7 Å². The highest BCUT2D eigenvalue weighted by atomic mass is 19.1. The summed E-state index contributed by atoms with van der Waals surface area (Å²) >= 11 is 0. The number of hydrogen-bond acceptors (Lipinski definition) is 8. The molecule has 40 heavy (non-hydrogen) atoms. The predicted molar refractivity (Wildman–Crippen MR) is 150 cm³/mol. The number of halogens is 2. The number of nitrogens with one attached hydrogen (secondary N) is 3. The summed E-state index contributed by atoms with van der Waals surface area (Å²) in [6.45, 7) is 5.90. The Balaban J connectivity index is 1.51. The molecular formula is C28H28F2N8O2. The molecule has 5 rings (SSSR count). The summed E-state index contributed by atoms with van der Waals surface area (Å²) < 4.78 is 37.4. The summed E-state index contributed by atoms with van der Waals surface area (Å²) in [5.74, 6) is -0.967. The van der Waals surface area contributed by atoms with Gasteiger partial charge >= 0.3 is 0 Å². The highest BCUT2D eigenvalue weighted by Crippen LogP contribution is 2.34. The van der Waals surface area contributed by atoms with Gasteiger partial charge in [-0.15, -0.1) is 0 Å². The number of rotatable bonds is 8. The molecule has 2 aromatic carbocycles. The van der Waals surface area contributed by atoms with Crippen LogP contribution in [0.5, 0.6) is 0 Å². The number of aromatic nitrogens is 4. The number of carbonyl (C=O) groups excluding carboxylic acids is 1. The molecule has 0 atom stereocenters. The van der Waals surface area contributed by atoms with Gasteiger partial charge in [-0.25, -0.2) is 13.8 Å². The summed E-state index contributed by atoms with van der Waals surface area (Å²) in [6.07, 6.45) is 6.82. The molecule has 0 bridgehead atoms. The predicted octanol–water partition coefficient (Wildman–Crippen LogP) is 4.99. The molecule has 3 N–H and O–H groups in total. The van der Waals surface area contributed by atoms with Crippen molar-refractivity contribution in [3.63, 3.8) is 0 Å². The molecule has 0 aliphatic carbocycles. The maximum Gasteiger partial charge on any atom is 0.247 e. The second-order valence-electron chi connectivity index (χ2n) is 9.12. The molecule has 3 heterocycles. The maximum atomic E-state index is 15.4. The van der Waals surface area contributed by atoms with Crippen LogP contribution in [0.3, 0.4) is 0 Å². The smallest absolute Gasteiger partial charge is 0.247 e. The maximum absolute atomic E-state index is 15.4. The molecule has 1 amide bonds. The minimum Gasteiger partial charge on any atom is -0.380 e. The Labute approximate surface area is 229 Å². The van der Waals surface area contributed by atoms with Crippen molar-refractivity contribution in [2.75, 3.05) is 47.2 Å². The van der Waals surface area contributed by atoms with E-state index in [1.54, 1.807) is 36.3 Å². The molecule has 10 nitrogen and oxygen atoms in total. The lowest BCUT2D eigenvalue weighted by molar-refractivity contribution is -0.111. The molecule has 2 aromatic heterocycles. The van der Waals surface area contributed by atoms with Crippen LogP contribution in [0.15, 0.2) is 67.6 Å². The highest BCUT2D eigenvalue weighted by Gasteiger charge is 2.18. The van der Waals surface area contributed by atoms with Crippen molar-refractivity contribution in [3.8, 4) is 11.1 Å². The van der Waals surface area contributed by atoms with E-state index < -0.39 is 17.5 Å². The van der Waals surface area contributed by atoms with E-state index in [-0.39, 0.29) is 17.5 Å². The zero-order valence-electron chi connectivity index (χ0n) is 21.8. The average molecular weight is 547 g/mol. The van der Waals surface area contributed by atoms with Gasteiger partial charge in [0.2, 0.25) is 11.9 Å². The molecule has 0 saturated carbocycles. The Hall–Kier alpha value is -4.84. The van der Waals surface area contributed by atoms with Crippen LogP contribution in [0, 0.1) is 11.6 Å². The Morgan fingerprint density at radius 3 is 2.70 bits per heavy atom. The molecule has 1 fully saturated rings. The molecule has 1 aliphatic rings. The monoisotopic (exact) mass is 546 g/mol. The molecule has 0 radical (unpaired) electrons. The van der Waals surface area contributed by atoms with Gasteiger partial charge in [-0.2, -0.15) is 10.1 Å². The van der Waals surface area contributed by atoms with Crippen LogP contribution in [-0.2, 0) is 16.6 Å². The van der Waals surface area contributed by atoms with Crippen LogP contribution in [0.1, 0.15) is 6.42 Å². The quantitative estimate of drug-likeness (QED) is 0.265. The molecule has 1 aliphatic heterocycles. The van der Waals surface area contributed by atoms with E-state index in [2.05, 4.69) is 37.6 Å². The third-order valence-corrected chi connectivity index (χ3v) is 6.24. The van der Waals surface area contributed by atoms with Crippen LogP contribution in [0.25, 0.3) is 11.1 Å². The van der Waals surface area contributed by atoms with Gasteiger partial charge in [0.1, 0.15) is 17.5 Å². The van der Waals surface area contributed by atoms with Crippen LogP contribution in [0.2, 0.25) is 0 Å². The molecule has 4 aromatic rings. The van der Waals surface area contributed by atoms with Gasteiger partial charge in [0, 0.05) is 50.4 Å². The van der Waals surface area contributed by atoms with Crippen LogP contribution in [-0.4, -0.2) is 52.0 Å². The molecular weight excluding hydrogens is 518 g/mol. The fourth-order valence-corrected chi connectivity index (χ4v) is 4.30. The van der Waals surface area contributed by atoms with E-state index in [0.717, 1.165) is 12.5 Å². The van der Waals surface area contributed by atoms with Crippen molar-refractivity contribution in [2.45, 2.75) is 6.42 Å². The number of anilines is 6. The topological polar surface area (TPSA) is 109 Å². The SMILES string of the molecule is C=CC(=O)Nc1ccc(F)c(Nc2nc(Nc3cnn(C)c3)ncc2-c2ccc(N3CCCOCC3)c(F)c2)c1. The van der Waals surface area contributed by atoms with E-state index in [4.69, 9.17) is 4.74 Å². The first-order valence-electron chi connectivity index (χ1n) is 12.6. The number of aryl methyl sites for hydroxylation is 1. The lowest BCUT2D eigenvalue weighted by atomic mass is 10.1. The first kappa shape index (κ1) is 26.8. The third-order valence-electron chi connectivity index (χ3n) is 6.24. The number of benzene rings is 2. The van der Waals surface area contributed by atoms with Gasteiger partial charge in [0.05, 0.1) is 29.9 Å². The summed E-state index contributed by atoms with van der Waals surface area (Å²) in [4.78, 5) is 22.7. The summed E-state index contributed by atoms with van der Waals surface area (Å²) in [7, 11) is 1.78. The van der Waals surface area contributed by atoms with E-state index in [0.29, 0.717) is 54.5 Å². The third kappa shape index (κ3) is 6.24. The van der Waals surface area contributed by atoms with E-state index in [1.165, 1.54) is 30.5 Å². The van der Waals surface area contributed by atoms with Crippen LogP contribution >= 0.6 is 0 Å². The number of nitrogens with zero attached hydrogens (tertiary/aromatic N) is 5. The van der Waals surface area contributed by atoms with Crippen LogP contribution < -0.4 is 20.9 Å². The fraction of sp³-hybridized carbons (Fsp3) is 0.214. The van der Waals surface area contributed by atoms with E-state index in [1.807, 2.05) is 4.90 Å². The normalized spacial score (nSPS) is 13.4. The fourth-order valence-electron chi connectivity index (χ4n) is 4.30. The second kappa shape index (κ2) is 11.9. The largest absolute Gasteiger partial charge is 0.380 e. The zero-order chi connectivity index (χ0) is 28.1. The van der Waals surface area contributed by atoms with Gasteiger partial charge in [0.15, 0.2) is 0 Å². The number of carbonyl (C=O) groups is 1. The Morgan fingerprint density at radius 1 is 1.05 bits per heavy atom. The highest BCUT2D eigenvalue weighted by molar-refractivity contribution is 5.99. The molecule has 0 unspecified atom stereocenters. The number of ether oxygens (including phenoxy) is 1. The lowest BCUT2D eigenvalue weighted by Gasteiger charge is -2.23. The van der Waals surface area contributed by atoms with Crippen molar-refractivity contribution < 1.29 is 18.3 Å². The van der Waals surface area contributed by atoms with E-state index >= 15 is 4.39 Å². The summed E-state index contributed by atoms with van der Waals surface area (Å²) in [6, 6.07) is 8.99. The molecule has 0 spiro atoms. The molecule has 12 heteroatoms. The summed E-state index contributed by atoms with van der Waals surface area (Å²) in [5, 5.41) is 12.8. The van der Waals surface area contributed by atoms with Crippen molar-refractivity contribution in [3.05, 3.63) is 79.3 Å². The minimum absolute atomic E-state index is 0.0517. The average Bonchev–Trinajstić information content (AvgIpc) is 3.17. The standard InChI is InChI=1S/C28H28F2N8O2/c1-3-26(39)33-19-6-7-22(29)24(14-19)35-27-21(16-31-28(36-27)34-20-15-32-37(2)17-20)18-5-8-25(23(30)13-18)38-9-4-11-40-12-10-38/h3,5-8,13-17H,1,4,9-12H2,2H3,(H,33,39)(H2,31,34,35,36). The first-order chi connectivity index (χ1) is 19.4. The molecule has 206 valence electrons. The minimum atomic E-state index is -0.576. The van der Waals surface area contributed by atoms with Crippen molar-refractivity contribution in [1.29, 1.82) is 0 Å². The number of amides is 1. The van der Waals surface area contributed by atoms with Crippen LogP contribution in [0.4, 0.5) is 43.3 Å². The molecule has 1 saturated heterocycles.